The summed E-state index contributed by atoms with van der Waals surface area (Å²) in [5, 5.41) is 12.6. The van der Waals surface area contributed by atoms with Crippen molar-refractivity contribution in [2.75, 3.05) is 13.1 Å². The minimum Gasteiger partial charge on any atom is -0.508 e. The number of imide groups is 1. The average Bonchev–Trinajstić information content (AvgIpc) is 3.16. The van der Waals surface area contributed by atoms with Crippen molar-refractivity contribution in [2.24, 2.45) is 0 Å². The molecule has 36 heavy (non-hydrogen) atoms. The standard InChI is InChI=1S/C28H31N3O5/c32-24-7-3-1-5-20(24)18-14-30(15-18)22-6-2-4-8-25(22)36-19-9-10-21-17(13-19)16-31(28(21)35)23-11-12-26(33)29-27(23)34/h1,3,5,7,9-10,13,18,22-23,25,32H,2,4,6,8,11-12,14-16H2,(H,29,33,34)/t22-,23?,25-/m1/s1. The van der Waals surface area contributed by atoms with E-state index in [0.717, 1.165) is 49.2 Å². The van der Waals surface area contributed by atoms with Gasteiger partial charge in [0, 0.05) is 43.6 Å². The number of piperidine rings is 1. The molecule has 2 aromatic carbocycles. The smallest absolute Gasteiger partial charge is 0.255 e. The summed E-state index contributed by atoms with van der Waals surface area (Å²) < 4.78 is 6.52. The van der Waals surface area contributed by atoms with Crippen LogP contribution in [0.1, 0.15) is 65.9 Å². The van der Waals surface area contributed by atoms with Gasteiger partial charge in [-0.05, 0) is 61.1 Å². The topological polar surface area (TPSA) is 99.2 Å². The fraction of sp³-hybridized carbons (Fsp3) is 0.464. The molecule has 8 heteroatoms. The van der Waals surface area contributed by atoms with Crippen molar-refractivity contribution in [2.45, 2.75) is 69.2 Å². The summed E-state index contributed by atoms with van der Waals surface area (Å²) >= 11 is 0. The van der Waals surface area contributed by atoms with Crippen molar-refractivity contribution in [1.82, 2.24) is 15.1 Å². The number of ether oxygens (including phenoxy) is 1. The van der Waals surface area contributed by atoms with E-state index >= 15 is 0 Å². The number of hydrogen-bond acceptors (Lipinski definition) is 6. The summed E-state index contributed by atoms with van der Waals surface area (Å²) in [7, 11) is 0. The number of amides is 3. The van der Waals surface area contributed by atoms with Crippen LogP contribution in [0, 0.1) is 0 Å². The van der Waals surface area contributed by atoms with E-state index in [1.165, 1.54) is 6.42 Å². The number of likely N-dealkylation sites (tertiary alicyclic amines) is 1. The highest BCUT2D eigenvalue weighted by Crippen LogP contribution is 2.38. The first-order valence-corrected chi connectivity index (χ1v) is 12.9. The zero-order valence-electron chi connectivity index (χ0n) is 20.2. The van der Waals surface area contributed by atoms with Crippen LogP contribution < -0.4 is 10.1 Å². The number of para-hydroxylation sites is 1. The molecule has 4 aliphatic rings. The molecule has 1 unspecified atom stereocenters. The molecule has 3 amide bonds. The molecule has 2 saturated heterocycles. The number of phenols is 1. The van der Waals surface area contributed by atoms with Gasteiger partial charge in [-0.25, -0.2) is 0 Å². The van der Waals surface area contributed by atoms with Gasteiger partial charge in [0.1, 0.15) is 23.6 Å². The lowest BCUT2D eigenvalue weighted by Gasteiger charge is -2.48. The summed E-state index contributed by atoms with van der Waals surface area (Å²) in [6.07, 6.45) is 5.06. The van der Waals surface area contributed by atoms with Gasteiger partial charge >= 0.3 is 0 Å². The van der Waals surface area contributed by atoms with Crippen LogP contribution in [-0.4, -0.2) is 63.9 Å². The van der Waals surface area contributed by atoms with Crippen molar-refractivity contribution in [3.63, 3.8) is 0 Å². The molecular formula is C28H31N3O5. The molecule has 2 aromatic rings. The average molecular weight is 490 g/mol. The highest BCUT2D eigenvalue weighted by Gasteiger charge is 2.41. The molecule has 1 saturated carbocycles. The SMILES string of the molecule is O=C1CCC(N2Cc3cc(O[C@@H]4CCCC[C@H]4N4CC(c5ccccc5O)C4)ccc3C2=O)C(=O)N1. The van der Waals surface area contributed by atoms with E-state index in [-0.39, 0.29) is 24.3 Å². The number of fused-ring (bicyclic) bond motifs is 1. The number of benzene rings is 2. The fourth-order valence-electron chi connectivity index (χ4n) is 6.24. The molecule has 188 valence electrons. The number of phenolic OH excluding ortho intramolecular Hbond substituents is 1. The normalized spacial score (nSPS) is 26.9. The van der Waals surface area contributed by atoms with Crippen molar-refractivity contribution < 1.29 is 24.2 Å². The second-order valence-electron chi connectivity index (χ2n) is 10.4. The van der Waals surface area contributed by atoms with E-state index < -0.39 is 11.9 Å². The van der Waals surface area contributed by atoms with E-state index in [2.05, 4.69) is 10.2 Å². The molecule has 3 heterocycles. The Morgan fingerprint density at radius 2 is 1.78 bits per heavy atom. The first kappa shape index (κ1) is 23.0. The third kappa shape index (κ3) is 4.13. The molecule has 0 spiro atoms. The molecule has 2 N–H and O–H groups in total. The molecule has 3 atom stereocenters. The van der Waals surface area contributed by atoms with E-state index in [4.69, 9.17) is 4.74 Å². The van der Waals surface area contributed by atoms with Crippen molar-refractivity contribution in [1.29, 1.82) is 0 Å². The molecule has 8 nitrogen and oxygen atoms in total. The van der Waals surface area contributed by atoms with Crippen LogP contribution in [0.25, 0.3) is 0 Å². The van der Waals surface area contributed by atoms with Crippen LogP contribution in [0.15, 0.2) is 42.5 Å². The maximum absolute atomic E-state index is 13.0. The molecule has 3 fully saturated rings. The summed E-state index contributed by atoms with van der Waals surface area (Å²) in [6.45, 7) is 2.18. The van der Waals surface area contributed by atoms with Crippen LogP contribution in [0.3, 0.4) is 0 Å². The maximum Gasteiger partial charge on any atom is 0.255 e. The number of nitrogens with zero attached hydrogens (tertiary/aromatic N) is 2. The second-order valence-corrected chi connectivity index (χ2v) is 10.4. The molecule has 6 rings (SSSR count). The van der Waals surface area contributed by atoms with Crippen LogP contribution in [-0.2, 0) is 16.1 Å². The van der Waals surface area contributed by atoms with Crippen LogP contribution in [0.4, 0.5) is 0 Å². The lowest BCUT2D eigenvalue weighted by Crippen LogP contribution is -2.57. The van der Waals surface area contributed by atoms with Gasteiger partial charge in [-0.15, -0.1) is 0 Å². The molecular weight excluding hydrogens is 458 g/mol. The molecule has 0 bridgehead atoms. The number of hydrogen-bond donors (Lipinski definition) is 2. The zero-order chi connectivity index (χ0) is 24.8. The third-order valence-corrected chi connectivity index (χ3v) is 8.21. The number of aromatic hydroxyl groups is 1. The lowest BCUT2D eigenvalue weighted by atomic mass is 9.84. The molecule has 1 aliphatic carbocycles. The molecule has 3 aliphatic heterocycles. The van der Waals surface area contributed by atoms with E-state index in [9.17, 15) is 19.5 Å². The summed E-state index contributed by atoms with van der Waals surface area (Å²) in [6, 6.07) is 12.9. The van der Waals surface area contributed by atoms with Gasteiger partial charge in [0.25, 0.3) is 5.91 Å². The summed E-state index contributed by atoms with van der Waals surface area (Å²) in [4.78, 5) is 40.8. The Labute approximate surface area is 210 Å². The van der Waals surface area contributed by atoms with Crippen molar-refractivity contribution >= 4 is 17.7 Å². The maximum atomic E-state index is 13.0. The van der Waals surface area contributed by atoms with Crippen LogP contribution >= 0.6 is 0 Å². The first-order valence-electron chi connectivity index (χ1n) is 12.9. The number of carbonyl (C=O) groups excluding carboxylic acids is 3. The Morgan fingerprint density at radius 3 is 2.58 bits per heavy atom. The van der Waals surface area contributed by atoms with Crippen molar-refractivity contribution in [3.8, 4) is 11.5 Å². The van der Waals surface area contributed by atoms with Gasteiger partial charge in [0.05, 0.1) is 0 Å². The monoisotopic (exact) mass is 489 g/mol. The Balaban J connectivity index is 1.12. The highest BCUT2D eigenvalue weighted by atomic mass is 16.5. The van der Waals surface area contributed by atoms with Gasteiger partial charge in [0.2, 0.25) is 11.8 Å². The van der Waals surface area contributed by atoms with E-state index in [1.807, 2.05) is 30.3 Å². The van der Waals surface area contributed by atoms with Gasteiger partial charge < -0.3 is 14.7 Å². The minimum absolute atomic E-state index is 0.0745. The Hall–Kier alpha value is -3.39. The van der Waals surface area contributed by atoms with E-state index in [1.54, 1.807) is 17.0 Å². The second kappa shape index (κ2) is 9.24. The predicted octanol–water partition coefficient (Wildman–Crippen LogP) is 2.94. The number of carbonyl (C=O) groups is 3. The Bertz CT molecular complexity index is 1210. The van der Waals surface area contributed by atoms with Gasteiger partial charge in [-0.1, -0.05) is 24.6 Å². The highest BCUT2D eigenvalue weighted by molar-refractivity contribution is 6.05. The van der Waals surface area contributed by atoms with Crippen molar-refractivity contribution in [3.05, 3.63) is 59.2 Å². The molecule has 0 aromatic heterocycles. The van der Waals surface area contributed by atoms with Gasteiger partial charge in [-0.2, -0.15) is 0 Å². The largest absolute Gasteiger partial charge is 0.508 e. The van der Waals surface area contributed by atoms with Crippen LogP contribution in [0.2, 0.25) is 0 Å². The fourth-order valence-corrected chi connectivity index (χ4v) is 6.24. The number of nitrogens with one attached hydrogen (secondary N) is 1. The van der Waals surface area contributed by atoms with Crippen LogP contribution in [0.5, 0.6) is 11.5 Å². The Morgan fingerprint density at radius 1 is 0.972 bits per heavy atom. The Kier molecular flexibility index (Phi) is 5.91. The molecule has 0 radical (unpaired) electrons. The first-order chi connectivity index (χ1) is 17.5. The predicted molar refractivity (Wildman–Crippen MR) is 132 cm³/mol. The van der Waals surface area contributed by atoms with Gasteiger partial charge in [0.15, 0.2) is 0 Å². The van der Waals surface area contributed by atoms with E-state index in [0.29, 0.717) is 36.2 Å². The lowest BCUT2D eigenvalue weighted by molar-refractivity contribution is -0.136. The summed E-state index contributed by atoms with van der Waals surface area (Å²) in [5.41, 5.74) is 2.48. The van der Waals surface area contributed by atoms with Gasteiger partial charge in [-0.3, -0.25) is 24.6 Å². The number of rotatable bonds is 5. The zero-order valence-corrected chi connectivity index (χ0v) is 20.2. The third-order valence-electron chi connectivity index (χ3n) is 8.21. The quantitative estimate of drug-likeness (QED) is 0.627. The minimum atomic E-state index is -0.613. The summed E-state index contributed by atoms with van der Waals surface area (Å²) in [5.74, 6) is 0.618.